The van der Waals surface area contributed by atoms with Gasteiger partial charge in [-0.15, -0.1) is 10.2 Å². The molecule has 0 aliphatic carbocycles. The molecule has 1 N–H and O–H groups in total. The van der Waals surface area contributed by atoms with Crippen molar-refractivity contribution in [3.8, 4) is 11.4 Å². The molecule has 0 bridgehead atoms. The molecule has 0 fully saturated rings. The normalized spacial score (nSPS) is 11.1. The molecule has 9 heteroatoms. The van der Waals surface area contributed by atoms with Crippen LogP contribution in [0.4, 0.5) is 0 Å². The Morgan fingerprint density at radius 3 is 2.61 bits per heavy atom. The highest BCUT2D eigenvalue weighted by atomic mass is 79.9. The summed E-state index contributed by atoms with van der Waals surface area (Å²) in [6.45, 7) is 2.70. The summed E-state index contributed by atoms with van der Waals surface area (Å²) >= 11 is 10.6. The van der Waals surface area contributed by atoms with Crippen molar-refractivity contribution in [2.24, 2.45) is 5.10 Å². The summed E-state index contributed by atoms with van der Waals surface area (Å²) in [6, 6.07) is 15.0. The van der Waals surface area contributed by atoms with Gasteiger partial charge in [0.1, 0.15) is 0 Å². The summed E-state index contributed by atoms with van der Waals surface area (Å²) in [7, 11) is 0. The molecule has 1 heterocycles. The molecule has 2 aromatic carbocycles. The predicted octanol–water partition coefficient (Wildman–Crippen LogP) is 4.62. The largest absolute Gasteiger partial charge is 0.302 e. The number of hydrazone groups is 1. The van der Waals surface area contributed by atoms with Crippen LogP contribution in [-0.4, -0.2) is 32.6 Å². The minimum Gasteiger partial charge on any atom is -0.302 e. The first-order valence-electron chi connectivity index (χ1n) is 8.46. The molecule has 28 heavy (non-hydrogen) atoms. The number of nitrogens with zero attached hydrogens (tertiary/aromatic N) is 4. The Hall–Kier alpha value is -2.16. The molecule has 1 aromatic heterocycles. The van der Waals surface area contributed by atoms with Crippen molar-refractivity contribution in [3.63, 3.8) is 0 Å². The van der Waals surface area contributed by atoms with Crippen molar-refractivity contribution in [3.05, 3.63) is 63.6 Å². The fourth-order valence-electron chi connectivity index (χ4n) is 2.38. The molecule has 0 atom stereocenters. The van der Waals surface area contributed by atoms with E-state index in [9.17, 15) is 4.79 Å². The van der Waals surface area contributed by atoms with Crippen LogP contribution in [0.15, 0.2) is 63.3 Å². The number of thioether (sulfide) groups is 1. The Bertz CT molecular complexity index is 973. The van der Waals surface area contributed by atoms with Crippen LogP contribution in [0.2, 0.25) is 5.02 Å². The van der Waals surface area contributed by atoms with Crippen molar-refractivity contribution in [2.75, 3.05) is 5.75 Å². The van der Waals surface area contributed by atoms with E-state index in [4.69, 9.17) is 11.6 Å². The van der Waals surface area contributed by atoms with E-state index < -0.39 is 0 Å². The van der Waals surface area contributed by atoms with Crippen molar-refractivity contribution >= 4 is 51.4 Å². The van der Waals surface area contributed by atoms with Crippen molar-refractivity contribution < 1.29 is 4.79 Å². The summed E-state index contributed by atoms with van der Waals surface area (Å²) < 4.78 is 2.95. The van der Waals surface area contributed by atoms with Gasteiger partial charge in [0.15, 0.2) is 11.0 Å². The monoisotopic (exact) mass is 477 g/mol. The lowest BCUT2D eigenvalue weighted by Crippen LogP contribution is -2.20. The Morgan fingerprint density at radius 1 is 1.21 bits per heavy atom. The number of benzene rings is 2. The number of hydrogen-bond donors (Lipinski definition) is 1. The third-order valence-electron chi connectivity index (χ3n) is 3.74. The average Bonchev–Trinajstić information content (AvgIpc) is 3.11. The zero-order valence-electron chi connectivity index (χ0n) is 15.0. The lowest BCUT2D eigenvalue weighted by molar-refractivity contribution is -0.118. The minimum absolute atomic E-state index is 0.191. The standard InChI is InChI=1S/C19H17BrClN5OS/c1-2-26-18(14-5-9-16(21)10-6-14)24-25-19(26)28-12-17(27)23-22-11-13-3-7-15(20)8-4-13/h3-11H,2,12H2,1H3,(H,23,27)/b22-11+. The number of carbonyl (C=O) groups excluding carboxylic acids is 1. The van der Waals surface area contributed by atoms with Gasteiger partial charge in [-0.3, -0.25) is 4.79 Å². The average molecular weight is 479 g/mol. The molecule has 0 unspecified atom stereocenters. The van der Waals surface area contributed by atoms with Crippen LogP contribution in [0, 0.1) is 0 Å². The summed E-state index contributed by atoms with van der Waals surface area (Å²) in [5.41, 5.74) is 4.35. The van der Waals surface area contributed by atoms with Crippen LogP contribution in [-0.2, 0) is 11.3 Å². The lowest BCUT2D eigenvalue weighted by Gasteiger charge is -2.07. The highest BCUT2D eigenvalue weighted by Gasteiger charge is 2.14. The molecule has 144 valence electrons. The maximum Gasteiger partial charge on any atom is 0.250 e. The number of rotatable bonds is 7. The summed E-state index contributed by atoms with van der Waals surface area (Å²) in [6.07, 6.45) is 1.60. The van der Waals surface area contributed by atoms with Crippen LogP contribution in [0.5, 0.6) is 0 Å². The molecule has 0 spiro atoms. The molecule has 3 rings (SSSR count). The van der Waals surface area contributed by atoms with Gasteiger partial charge in [-0.25, -0.2) is 5.43 Å². The van der Waals surface area contributed by atoms with Gasteiger partial charge in [-0.1, -0.05) is 51.4 Å². The fourth-order valence-corrected chi connectivity index (χ4v) is 3.57. The molecule has 0 aliphatic heterocycles. The van der Waals surface area contributed by atoms with Gasteiger partial charge in [0.2, 0.25) is 0 Å². The maximum absolute atomic E-state index is 12.0. The first-order valence-corrected chi connectivity index (χ1v) is 10.6. The Kier molecular flexibility index (Phi) is 7.24. The SMILES string of the molecule is CCn1c(SCC(=O)N/N=C/c2ccc(Br)cc2)nnc1-c1ccc(Cl)cc1. The van der Waals surface area contributed by atoms with Gasteiger partial charge in [0.05, 0.1) is 12.0 Å². The fraction of sp³-hybridized carbons (Fsp3) is 0.158. The zero-order chi connectivity index (χ0) is 19.9. The second kappa shape index (κ2) is 9.86. The molecule has 0 aliphatic rings. The molecular weight excluding hydrogens is 462 g/mol. The first kappa shape index (κ1) is 20.6. The highest BCUT2D eigenvalue weighted by molar-refractivity contribution is 9.10. The summed E-state index contributed by atoms with van der Waals surface area (Å²) in [4.78, 5) is 12.0. The van der Waals surface area contributed by atoms with E-state index >= 15 is 0 Å². The predicted molar refractivity (Wildman–Crippen MR) is 117 cm³/mol. The molecule has 0 saturated carbocycles. The third-order valence-corrected chi connectivity index (χ3v) is 5.49. The molecule has 6 nitrogen and oxygen atoms in total. The Balaban J connectivity index is 1.58. The van der Waals surface area contributed by atoms with Crippen molar-refractivity contribution in [1.29, 1.82) is 0 Å². The molecule has 3 aromatic rings. The van der Waals surface area contributed by atoms with Crippen LogP contribution < -0.4 is 5.43 Å². The third kappa shape index (κ3) is 5.43. The van der Waals surface area contributed by atoms with Gasteiger partial charge in [-0.2, -0.15) is 5.10 Å². The van der Waals surface area contributed by atoms with E-state index in [0.29, 0.717) is 16.7 Å². The van der Waals surface area contributed by atoms with Gasteiger partial charge in [0, 0.05) is 21.6 Å². The Labute approximate surface area is 180 Å². The van der Waals surface area contributed by atoms with E-state index in [1.807, 2.05) is 60.0 Å². The van der Waals surface area contributed by atoms with Crippen LogP contribution >= 0.6 is 39.3 Å². The number of amides is 1. The van der Waals surface area contributed by atoms with E-state index in [2.05, 4.69) is 36.7 Å². The van der Waals surface area contributed by atoms with Crippen LogP contribution in [0.25, 0.3) is 11.4 Å². The Morgan fingerprint density at radius 2 is 1.93 bits per heavy atom. The summed E-state index contributed by atoms with van der Waals surface area (Å²) in [5.74, 6) is 0.726. The zero-order valence-corrected chi connectivity index (χ0v) is 18.1. The number of nitrogens with one attached hydrogen (secondary N) is 1. The second-order valence-corrected chi connectivity index (χ2v) is 7.99. The summed E-state index contributed by atoms with van der Waals surface area (Å²) in [5, 5.41) is 13.8. The van der Waals surface area contributed by atoms with Gasteiger partial charge >= 0.3 is 0 Å². The minimum atomic E-state index is -0.211. The number of carbonyl (C=O) groups is 1. The van der Waals surface area contributed by atoms with Crippen LogP contribution in [0.3, 0.4) is 0 Å². The van der Waals surface area contributed by atoms with E-state index in [1.165, 1.54) is 11.8 Å². The van der Waals surface area contributed by atoms with Gasteiger partial charge in [-0.05, 0) is 48.9 Å². The highest BCUT2D eigenvalue weighted by Crippen LogP contribution is 2.25. The number of aromatic nitrogens is 3. The topological polar surface area (TPSA) is 72.2 Å². The molecule has 1 amide bonds. The molecular formula is C19H17BrClN5OS. The first-order chi connectivity index (χ1) is 13.6. The van der Waals surface area contributed by atoms with Crippen LogP contribution in [0.1, 0.15) is 12.5 Å². The smallest absolute Gasteiger partial charge is 0.250 e. The van der Waals surface area contributed by atoms with Crippen molar-refractivity contribution in [1.82, 2.24) is 20.2 Å². The number of halogens is 2. The van der Waals surface area contributed by atoms with Gasteiger partial charge in [0.25, 0.3) is 5.91 Å². The molecule has 0 radical (unpaired) electrons. The lowest BCUT2D eigenvalue weighted by atomic mass is 10.2. The van der Waals surface area contributed by atoms with Gasteiger partial charge < -0.3 is 4.57 Å². The number of hydrogen-bond acceptors (Lipinski definition) is 5. The van der Waals surface area contributed by atoms with E-state index in [-0.39, 0.29) is 11.7 Å². The maximum atomic E-state index is 12.0. The van der Waals surface area contributed by atoms with Crippen molar-refractivity contribution in [2.45, 2.75) is 18.6 Å². The molecule has 0 saturated heterocycles. The quantitative estimate of drug-likeness (QED) is 0.305. The van der Waals surface area contributed by atoms with E-state index in [1.54, 1.807) is 6.21 Å². The van der Waals surface area contributed by atoms with E-state index in [0.717, 1.165) is 21.4 Å². The second-order valence-electron chi connectivity index (χ2n) is 5.69.